The number of benzene rings is 1. The molecule has 1 aromatic carbocycles. The quantitative estimate of drug-likeness (QED) is 0.824. The molecule has 2 saturated heterocycles. The molecule has 2 aliphatic heterocycles. The van der Waals surface area contributed by atoms with E-state index in [4.69, 9.17) is 20.8 Å². The third-order valence-electron chi connectivity index (χ3n) is 5.20. The highest BCUT2D eigenvalue weighted by Gasteiger charge is 2.30. The number of furan rings is 1. The van der Waals surface area contributed by atoms with Gasteiger partial charge in [-0.2, -0.15) is 0 Å². The van der Waals surface area contributed by atoms with E-state index >= 15 is 0 Å². The molecule has 4 rings (SSSR count). The smallest absolute Gasteiger partial charge is 0.289 e. The zero-order valence-corrected chi connectivity index (χ0v) is 15.5. The molecule has 2 aromatic rings. The van der Waals surface area contributed by atoms with Gasteiger partial charge in [-0.25, -0.2) is 0 Å². The first-order valence-electron chi connectivity index (χ1n) is 9.18. The molecule has 0 spiro atoms. The molecule has 138 valence electrons. The molecule has 5 nitrogen and oxygen atoms in total. The van der Waals surface area contributed by atoms with Crippen LogP contribution in [0.2, 0.25) is 5.02 Å². The number of ether oxygens (including phenoxy) is 1. The highest BCUT2D eigenvalue weighted by Crippen LogP contribution is 2.30. The normalized spacial score (nSPS) is 21.7. The fourth-order valence-electron chi connectivity index (χ4n) is 3.79. The van der Waals surface area contributed by atoms with Gasteiger partial charge >= 0.3 is 0 Å². The monoisotopic (exact) mass is 374 g/mol. The molecule has 1 amide bonds. The summed E-state index contributed by atoms with van der Waals surface area (Å²) in [5.41, 5.74) is 0.804. The predicted molar refractivity (Wildman–Crippen MR) is 100 cm³/mol. The van der Waals surface area contributed by atoms with Crippen LogP contribution in [0.5, 0.6) is 0 Å². The van der Waals surface area contributed by atoms with E-state index in [0.29, 0.717) is 22.6 Å². The van der Waals surface area contributed by atoms with Crippen LogP contribution in [0.25, 0.3) is 11.3 Å². The Morgan fingerprint density at radius 3 is 2.69 bits per heavy atom. The Morgan fingerprint density at radius 2 is 1.88 bits per heavy atom. The maximum absolute atomic E-state index is 12.9. The number of rotatable bonds is 3. The summed E-state index contributed by atoms with van der Waals surface area (Å²) in [6, 6.07) is 11.5. The summed E-state index contributed by atoms with van der Waals surface area (Å²) < 4.78 is 11.3. The van der Waals surface area contributed by atoms with E-state index in [9.17, 15) is 4.79 Å². The largest absolute Gasteiger partial charge is 0.451 e. The van der Waals surface area contributed by atoms with Crippen LogP contribution >= 0.6 is 11.6 Å². The van der Waals surface area contributed by atoms with E-state index in [1.165, 1.54) is 0 Å². The van der Waals surface area contributed by atoms with Crippen molar-refractivity contribution in [3.63, 3.8) is 0 Å². The van der Waals surface area contributed by atoms with Gasteiger partial charge in [-0.05, 0) is 37.1 Å². The zero-order chi connectivity index (χ0) is 17.9. The van der Waals surface area contributed by atoms with E-state index in [1.54, 1.807) is 6.07 Å². The number of carbonyl (C=O) groups is 1. The number of hydrogen-bond acceptors (Lipinski definition) is 4. The molecule has 2 fully saturated rings. The summed E-state index contributed by atoms with van der Waals surface area (Å²) in [4.78, 5) is 17.3. The maximum Gasteiger partial charge on any atom is 0.289 e. The number of morpholine rings is 1. The van der Waals surface area contributed by atoms with Crippen molar-refractivity contribution in [2.75, 3.05) is 39.4 Å². The van der Waals surface area contributed by atoms with E-state index in [-0.39, 0.29) is 5.91 Å². The van der Waals surface area contributed by atoms with Gasteiger partial charge in [-0.1, -0.05) is 23.7 Å². The first-order chi connectivity index (χ1) is 12.7. The van der Waals surface area contributed by atoms with Gasteiger partial charge in [0.15, 0.2) is 5.76 Å². The number of hydrogen-bond donors (Lipinski definition) is 0. The van der Waals surface area contributed by atoms with Gasteiger partial charge in [-0.3, -0.25) is 9.69 Å². The molecule has 1 aromatic heterocycles. The number of halogens is 1. The summed E-state index contributed by atoms with van der Waals surface area (Å²) in [5, 5.41) is 0.617. The van der Waals surface area contributed by atoms with Gasteiger partial charge < -0.3 is 14.1 Å². The van der Waals surface area contributed by atoms with E-state index in [0.717, 1.165) is 57.8 Å². The van der Waals surface area contributed by atoms with Crippen LogP contribution in [-0.2, 0) is 4.74 Å². The van der Waals surface area contributed by atoms with Crippen molar-refractivity contribution in [1.29, 1.82) is 0 Å². The number of nitrogens with zero attached hydrogens (tertiary/aromatic N) is 2. The van der Waals surface area contributed by atoms with Gasteiger partial charge in [0, 0.05) is 37.8 Å². The number of amides is 1. The molecule has 1 unspecified atom stereocenters. The molecule has 0 saturated carbocycles. The molecule has 1 atom stereocenters. The lowest BCUT2D eigenvalue weighted by Crippen LogP contribution is -2.52. The maximum atomic E-state index is 12.9. The van der Waals surface area contributed by atoms with E-state index in [1.807, 2.05) is 35.2 Å². The standard InChI is InChI=1S/C20H23ClN2O3/c21-17-6-2-1-5-16(17)18-7-8-19(26-18)20(24)23-9-3-4-15(14-23)22-10-12-25-13-11-22/h1-2,5-8,15H,3-4,9-14H2. The third kappa shape index (κ3) is 3.65. The molecule has 0 radical (unpaired) electrons. The van der Waals surface area contributed by atoms with Crippen molar-refractivity contribution in [3.05, 3.63) is 47.2 Å². The van der Waals surface area contributed by atoms with Crippen LogP contribution in [0.3, 0.4) is 0 Å². The Bertz CT molecular complexity index is 770. The highest BCUT2D eigenvalue weighted by atomic mass is 35.5. The van der Waals surface area contributed by atoms with Crippen molar-refractivity contribution in [3.8, 4) is 11.3 Å². The van der Waals surface area contributed by atoms with Crippen LogP contribution in [0.15, 0.2) is 40.8 Å². The lowest BCUT2D eigenvalue weighted by atomic mass is 10.0. The topological polar surface area (TPSA) is 45.9 Å². The Hall–Kier alpha value is -1.82. The van der Waals surface area contributed by atoms with Gasteiger partial charge in [0.2, 0.25) is 0 Å². The van der Waals surface area contributed by atoms with Crippen LogP contribution in [0.4, 0.5) is 0 Å². The summed E-state index contributed by atoms with van der Waals surface area (Å²) >= 11 is 6.23. The van der Waals surface area contributed by atoms with E-state index < -0.39 is 0 Å². The minimum atomic E-state index is -0.0405. The molecule has 6 heteroatoms. The van der Waals surface area contributed by atoms with Crippen molar-refractivity contribution >= 4 is 17.5 Å². The second-order valence-electron chi connectivity index (χ2n) is 6.84. The van der Waals surface area contributed by atoms with Gasteiger partial charge in [-0.15, -0.1) is 0 Å². The molecule has 0 aliphatic carbocycles. The van der Waals surface area contributed by atoms with Crippen LogP contribution in [-0.4, -0.2) is 61.1 Å². The third-order valence-corrected chi connectivity index (χ3v) is 5.53. The molecule has 26 heavy (non-hydrogen) atoms. The minimum Gasteiger partial charge on any atom is -0.451 e. The van der Waals surface area contributed by atoms with Crippen molar-refractivity contribution in [2.24, 2.45) is 0 Å². The van der Waals surface area contributed by atoms with Crippen LogP contribution in [0, 0.1) is 0 Å². The Kier molecular flexibility index (Phi) is 5.29. The van der Waals surface area contributed by atoms with Crippen molar-refractivity contribution < 1.29 is 13.9 Å². The van der Waals surface area contributed by atoms with Gasteiger partial charge in [0.25, 0.3) is 5.91 Å². The fraction of sp³-hybridized carbons (Fsp3) is 0.450. The summed E-state index contributed by atoms with van der Waals surface area (Å²) in [6.07, 6.45) is 2.15. The second kappa shape index (κ2) is 7.82. The molecular weight excluding hydrogens is 352 g/mol. The van der Waals surface area contributed by atoms with Crippen molar-refractivity contribution in [2.45, 2.75) is 18.9 Å². The number of piperidine rings is 1. The molecule has 0 N–H and O–H groups in total. The lowest BCUT2D eigenvalue weighted by molar-refractivity contribution is -0.00163. The highest BCUT2D eigenvalue weighted by molar-refractivity contribution is 6.33. The van der Waals surface area contributed by atoms with Crippen molar-refractivity contribution in [1.82, 2.24) is 9.80 Å². The molecular formula is C20H23ClN2O3. The van der Waals surface area contributed by atoms with Gasteiger partial charge in [0.05, 0.1) is 18.2 Å². The average Bonchev–Trinajstić information content (AvgIpc) is 3.18. The summed E-state index contributed by atoms with van der Waals surface area (Å²) in [7, 11) is 0. The Morgan fingerprint density at radius 1 is 1.08 bits per heavy atom. The predicted octanol–water partition coefficient (Wildman–Crippen LogP) is 3.54. The van der Waals surface area contributed by atoms with Crippen LogP contribution < -0.4 is 0 Å². The van der Waals surface area contributed by atoms with E-state index in [2.05, 4.69) is 4.90 Å². The Labute approximate surface area is 158 Å². The summed E-state index contributed by atoms with van der Waals surface area (Å²) in [6.45, 7) is 4.99. The molecule has 0 bridgehead atoms. The first kappa shape index (κ1) is 17.6. The number of likely N-dealkylation sites (tertiary alicyclic amines) is 1. The molecule has 3 heterocycles. The lowest BCUT2D eigenvalue weighted by Gasteiger charge is -2.40. The van der Waals surface area contributed by atoms with Gasteiger partial charge in [0.1, 0.15) is 5.76 Å². The summed E-state index contributed by atoms with van der Waals surface area (Å²) in [5.74, 6) is 0.962. The average molecular weight is 375 g/mol. The first-order valence-corrected chi connectivity index (χ1v) is 9.56. The SMILES string of the molecule is O=C(c1ccc(-c2ccccc2Cl)o1)N1CCCC(N2CCOCC2)C1. The minimum absolute atomic E-state index is 0.0405. The second-order valence-corrected chi connectivity index (χ2v) is 7.25. The molecule has 2 aliphatic rings. The zero-order valence-electron chi connectivity index (χ0n) is 14.7. The fourth-order valence-corrected chi connectivity index (χ4v) is 4.02. The van der Waals surface area contributed by atoms with Crippen LogP contribution in [0.1, 0.15) is 23.4 Å². The Balaban J connectivity index is 1.46. The number of carbonyl (C=O) groups excluding carboxylic acids is 1.